The fourth-order valence-electron chi connectivity index (χ4n) is 2.33. The maximum atomic E-state index is 10.6. The lowest BCUT2D eigenvalue weighted by Gasteiger charge is -2.23. The molecular formula is C11H18O6. The fourth-order valence-corrected chi connectivity index (χ4v) is 2.33. The number of carboxylic acid groups (broad SMARTS) is 1. The maximum Gasteiger partial charge on any atom is 0.303 e. The van der Waals surface area contributed by atoms with Crippen LogP contribution in [0, 0.1) is 0 Å². The molecule has 2 fully saturated rings. The first-order chi connectivity index (χ1) is 7.93. The molecule has 0 aromatic rings. The number of aliphatic carboxylic acids is 1. The van der Waals surface area contributed by atoms with E-state index >= 15 is 0 Å². The fraction of sp³-hybridized carbons (Fsp3) is 0.909. The lowest BCUT2D eigenvalue weighted by atomic mass is 10.1. The van der Waals surface area contributed by atoms with E-state index in [1.54, 1.807) is 0 Å². The summed E-state index contributed by atoms with van der Waals surface area (Å²) in [7, 11) is 1.54. The monoisotopic (exact) mass is 246 g/mol. The van der Waals surface area contributed by atoms with Crippen LogP contribution >= 0.6 is 0 Å². The van der Waals surface area contributed by atoms with Crippen LogP contribution < -0.4 is 0 Å². The van der Waals surface area contributed by atoms with Gasteiger partial charge in [-0.15, -0.1) is 0 Å². The van der Waals surface area contributed by atoms with Crippen molar-refractivity contribution < 1.29 is 28.8 Å². The highest BCUT2D eigenvalue weighted by atomic mass is 16.8. The molecule has 0 radical (unpaired) electrons. The third-order valence-corrected chi connectivity index (χ3v) is 2.98. The number of carboxylic acids is 1. The van der Waals surface area contributed by atoms with Crippen molar-refractivity contribution in [2.75, 3.05) is 7.11 Å². The minimum Gasteiger partial charge on any atom is -0.481 e. The molecule has 0 spiro atoms. The average molecular weight is 246 g/mol. The van der Waals surface area contributed by atoms with Crippen molar-refractivity contribution in [2.45, 2.75) is 57.1 Å². The van der Waals surface area contributed by atoms with Crippen LogP contribution in [0.3, 0.4) is 0 Å². The molecule has 1 N–H and O–H groups in total. The highest BCUT2D eigenvalue weighted by molar-refractivity contribution is 5.66. The Kier molecular flexibility index (Phi) is 3.40. The molecule has 0 amide bonds. The van der Waals surface area contributed by atoms with E-state index in [2.05, 4.69) is 0 Å². The van der Waals surface area contributed by atoms with E-state index in [1.165, 1.54) is 7.11 Å². The van der Waals surface area contributed by atoms with Gasteiger partial charge in [0.2, 0.25) is 0 Å². The van der Waals surface area contributed by atoms with Crippen molar-refractivity contribution in [2.24, 2.45) is 0 Å². The topological polar surface area (TPSA) is 74.2 Å². The molecule has 0 aromatic heterocycles. The van der Waals surface area contributed by atoms with Gasteiger partial charge in [-0.1, -0.05) is 0 Å². The summed E-state index contributed by atoms with van der Waals surface area (Å²) in [5.41, 5.74) is 0. The lowest BCUT2D eigenvalue weighted by molar-refractivity contribution is -0.227. The summed E-state index contributed by atoms with van der Waals surface area (Å²) < 4.78 is 22.2. The van der Waals surface area contributed by atoms with Crippen molar-refractivity contribution in [3.05, 3.63) is 0 Å². The Morgan fingerprint density at radius 2 is 2.00 bits per heavy atom. The highest BCUT2D eigenvalue weighted by Gasteiger charge is 2.55. The largest absolute Gasteiger partial charge is 0.481 e. The van der Waals surface area contributed by atoms with Crippen LogP contribution in [0.1, 0.15) is 26.7 Å². The molecule has 2 saturated heterocycles. The predicted octanol–water partition coefficient (Wildman–Crippen LogP) is 0.743. The van der Waals surface area contributed by atoms with Gasteiger partial charge in [-0.05, 0) is 20.3 Å². The van der Waals surface area contributed by atoms with Crippen molar-refractivity contribution in [3.63, 3.8) is 0 Å². The third kappa shape index (κ3) is 2.60. The van der Waals surface area contributed by atoms with Crippen LogP contribution in [-0.2, 0) is 23.7 Å². The number of hydrogen-bond donors (Lipinski definition) is 1. The van der Waals surface area contributed by atoms with E-state index in [-0.39, 0.29) is 24.7 Å². The van der Waals surface area contributed by atoms with Gasteiger partial charge in [0.05, 0.1) is 6.10 Å². The average Bonchev–Trinajstić information content (AvgIpc) is 2.68. The lowest BCUT2D eigenvalue weighted by Crippen LogP contribution is -2.30. The Morgan fingerprint density at radius 1 is 1.35 bits per heavy atom. The van der Waals surface area contributed by atoms with Crippen LogP contribution in [0.25, 0.3) is 0 Å². The van der Waals surface area contributed by atoms with Crippen LogP contribution in [0.4, 0.5) is 0 Å². The summed E-state index contributed by atoms with van der Waals surface area (Å²) in [6.07, 6.45) is -0.865. The Morgan fingerprint density at radius 3 is 2.59 bits per heavy atom. The van der Waals surface area contributed by atoms with Crippen LogP contribution in [-0.4, -0.2) is 48.6 Å². The van der Waals surface area contributed by atoms with Gasteiger partial charge in [0.1, 0.15) is 12.2 Å². The smallest absolute Gasteiger partial charge is 0.303 e. The van der Waals surface area contributed by atoms with Crippen LogP contribution in [0.2, 0.25) is 0 Å². The zero-order chi connectivity index (χ0) is 12.6. The number of rotatable bonds is 4. The number of ether oxygens (including phenoxy) is 4. The molecule has 0 bridgehead atoms. The first-order valence-electron chi connectivity index (χ1n) is 5.68. The molecule has 0 saturated carbocycles. The van der Waals surface area contributed by atoms with Gasteiger partial charge in [-0.3, -0.25) is 4.79 Å². The molecule has 0 aliphatic carbocycles. The van der Waals surface area contributed by atoms with Crippen molar-refractivity contribution in [1.82, 2.24) is 0 Å². The molecule has 2 heterocycles. The number of carbonyl (C=O) groups is 1. The molecule has 4 unspecified atom stereocenters. The first-order valence-corrected chi connectivity index (χ1v) is 5.68. The van der Waals surface area contributed by atoms with Crippen molar-refractivity contribution in [1.29, 1.82) is 0 Å². The molecule has 98 valence electrons. The van der Waals surface area contributed by atoms with Gasteiger partial charge in [0.15, 0.2) is 12.1 Å². The van der Waals surface area contributed by atoms with E-state index in [9.17, 15) is 4.79 Å². The number of methoxy groups -OCH3 is 1. The molecule has 6 heteroatoms. The molecule has 6 nitrogen and oxygen atoms in total. The van der Waals surface area contributed by atoms with E-state index in [1.807, 2.05) is 13.8 Å². The first kappa shape index (κ1) is 12.8. The summed E-state index contributed by atoms with van der Waals surface area (Å²) >= 11 is 0. The van der Waals surface area contributed by atoms with Gasteiger partial charge in [0, 0.05) is 13.5 Å². The van der Waals surface area contributed by atoms with Gasteiger partial charge in [-0.2, -0.15) is 0 Å². The Labute approximate surface area is 99.8 Å². The summed E-state index contributed by atoms with van der Waals surface area (Å²) in [6, 6.07) is 0. The summed E-state index contributed by atoms with van der Waals surface area (Å²) in [5.74, 6) is -1.51. The molecule has 2 rings (SSSR count). The molecule has 2 aliphatic rings. The zero-order valence-electron chi connectivity index (χ0n) is 10.2. The zero-order valence-corrected chi connectivity index (χ0v) is 10.2. The standard InChI is InChI=1S/C11H18O6/c1-11(2)16-8-6(4-5-7(12)13)15-10(14-3)9(8)17-11/h6,8-10H,4-5H2,1-3H3,(H,12,13). The van der Waals surface area contributed by atoms with Crippen molar-refractivity contribution in [3.8, 4) is 0 Å². The van der Waals surface area contributed by atoms with E-state index < -0.39 is 18.0 Å². The number of hydrogen-bond acceptors (Lipinski definition) is 5. The SMILES string of the molecule is COC1OC(CCC(=O)O)C2OC(C)(C)OC12. The van der Waals surface area contributed by atoms with E-state index in [0.717, 1.165) is 0 Å². The third-order valence-electron chi connectivity index (χ3n) is 2.98. The normalized spacial score (nSPS) is 39.2. The number of fused-ring (bicyclic) bond motifs is 1. The Bertz CT molecular complexity index is 302. The van der Waals surface area contributed by atoms with Gasteiger partial charge in [0.25, 0.3) is 0 Å². The molecule has 2 aliphatic heterocycles. The molecular weight excluding hydrogens is 228 g/mol. The van der Waals surface area contributed by atoms with Gasteiger partial charge in [-0.25, -0.2) is 0 Å². The van der Waals surface area contributed by atoms with Gasteiger partial charge < -0.3 is 24.1 Å². The minimum absolute atomic E-state index is 0.0497. The second kappa shape index (κ2) is 4.53. The van der Waals surface area contributed by atoms with Crippen LogP contribution in [0.5, 0.6) is 0 Å². The van der Waals surface area contributed by atoms with Gasteiger partial charge >= 0.3 is 5.97 Å². The summed E-state index contributed by atoms with van der Waals surface area (Å²) in [4.78, 5) is 10.6. The second-order valence-corrected chi connectivity index (χ2v) is 4.78. The summed E-state index contributed by atoms with van der Waals surface area (Å²) in [5, 5.41) is 8.68. The molecule has 0 aromatic carbocycles. The Hall–Kier alpha value is -0.690. The minimum atomic E-state index is -0.843. The molecule has 17 heavy (non-hydrogen) atoms. The van der Waals surface area contributed by atoms with Crippen LogP contribution in [0.15, 0.2) is 0 Å². The summed E-state index contributed by atoms with van der Waals surface area (Å²) in [6.45, 7) is 3.65. The highest BCUT2D eigenvalue weighted by Crippen LogP contribution is 2.40. The van der Waals surface area contributed by atoms with Crippen molar-refractivity contribution >= 4 is 5.97 Å². The Balaban J connectivity index is 2.02. The predicted molar refractivity (Wildman–Crippen MR) is 56.4 cm³/mol. The maximum absolute atomic E-state index is 10.6. The van der Waals surface area contributed by atoms with E-state index in [0.29, 0.717) is 6.42 Å². The van der Waals surface area contributed by atoms with E-state index in [4.69, 9.17) is 24.1 Å². The quantitative estimate of drug-likeness (QED) is 0.788. The second-order valence-electron chi connectivity index (χ2n) is 4.78. The molecule has 4 atom stereocenters.